The van der Waals surface area contributed by atoms with Crippen molar-refractivity contribution in [3.63, 3.8) is 0 Å². The average Bonchev–Trinajstić information content (AvgIpc) is 2.74. The fourth-order valence-corrected chi connectivity index (χ4v) is 2.90. The Morgan fingerprint density at radius 2 is 1.66 bits per heavy atom. The summed E-state index contributed by atoms with van der Waals surface area (Å²) in [6.45, 7) is 2.48. The van der Waals surface area contributed by atoms with E-state index in [0.29, 0.717) is 22.8 Å². The fourth-order valence-electron chi connectivity index (χ4n) is 2.73. The number of halogens is 1. The number of benzene rings is 3. The highest BCUT2D eigenvalue weighted by atomic mass is 35.5. The van der Waals surface area contributed by atoms with Crippen LogP contribution in [-0.4, -0.2) is 18.4 Å². The summed E-state index contributed by atoms with van der Waals surface area (Å²) in [6, 6.07) is 22.1. The van der Waals surface area contributed by atoms with E-state index in [1.54, 1.807) is 36.4 Å². The van der Waals surface area contributed by atoms with E-state index in [9.17, 15) is 9.59 Å². The van der Waals surface area contributed by atoms with Crippen LogP contribution in [-0.2, 0) is 11.3 Å². The van der Waals surface area contributed by atoms with E-state index in [-0.39, 0.29) is 18.4 Å². The van der Waals surface area contributed by atoms with E-state index >= 15 is 0 Å². The molecule has 5 nitrogen and oxygen atoms in total. The lowest BCUT2D eigenvalue weighted by Gasteiger charge is -2.11. The first-order valence-corrected chi connectivity index (χ1v) is 9.61. The lowest BCUT2D eigenvalue weighted by atomic mass is 10.1. The van der Waals surface area contributed by atoms with Gasteiger partial charge in [-0.15, -0.1) is 0 Å². The molecule has 29 heavy (non-hydrogen) atoms. The molecule has 0 aliphatic carbocycles. The smallest absolute Gasteiger partial charge is 0.251 e. The summed E-state index contributed by atoms with van der Waals surface area (Å²) in [7, 11) is 0. The minimum absolute atomic E-state index is 0.103. The van der Waals surface area contributed by atoms with Gasteiger partial charge in [-0.1, -0.05) is 48.0 Å². The Hall–Kier alpha value is -3.31. The predicted octanol–water partition coefficient (Wildman–Crippen LogP) is 4.63. The molecule has 0 radical (unpaired) electrons. The van der Waals surface area contributed by atoms with Crippen molar-refractivity contribution >= 4 is 34.8 Å². The van der Waals surface area contributed by atoms with E-state index < -0.39 is 0 Å². The quantitative estimate of drug-likeness (QED) is 0.534. The Kier molecular flexibility index (Phi) is 6.87. The third-order valence-electron chi connectivity index (χ3n) is 4.37. The first kappa shape index (κ1) is 20.4. The van der Waals surface area contributed by atoms with Crippen molar-refractivity contribution in [2.24, 2.45) is 0 Å². The maximum Gasteiger partial charge on any atom is 0.251 e. The van der Waals surface area contributed by atoms with Gasteiger partial charge in [0.05, 0.1) is 6.54 Å². The molecule has 0 aliphatic heterocycles. The van der Waals surface area contributed by atoms with E-state index in [1.165, 1.54) is 0 Å². The van der Waals surface area contributed by atoms with Crippen LogP contribution in [0, 0.1) is 6.92 Å². The molecule has 0 fully saturated rings. The van der Waals surface area contributed by atoms with Gasteiger partial charge < -0.3 is 16.0 Å². The van der Waals surface area contributed by atoms with Crippen molar-refractivity contribution in [1.29, 1.82) is 0 Å². The number of rotatable bonds is 7. The Morgan fingerprint density at radius 1 is 0.931 bits per heavy atom. The number of hydrogen-bond donors (Lipinski definition) is 3. The van der Waals surface area contributed by atoms with E-state index in [1.807, 2.05) is 43.3 Å². The molecule has 0 saturated heterocycles. The molecule has 0 bridgehead atoms. The average molecular weight is 408 g/mol. The van der Waals surface area contributed by atoms with Crippen molar-refractivity contribution in [3.05, 3.63) is 94.5 Å². The first-order valence-electron chi connectivity index (χ1n) is 9.23. The number of nitrogens with one attached hydrogen (secondary N) is 3. The minimum Gasteiger partial charge on any atom is -0.376 e. The largest absolute Gasteiger partial charge is 0.376 e. The molecule has 0 spiro atoms. The Balaban J connectivity index is 1.49. The van der Waals surface area contributed by atoms with Gasteiger partial charge in [-0.25, -0.2) is 0 Å². The molecule has 0 saturated carbocycles. The van der Waals surface area contributed by atoms with Gasteiger partial charge in [-0.3, -0.25) is 9.59 Å². The number of aryl methyl sites for hydroxylation is 1. The molecule has 0 atom stereocenters. The number of amides is 2. The summed E-state index contributed by atoms with van der Waals surface area (Å²) < 4.78 is 0. The van der Waals surface area contributed by atoms with Crippen LogP contribution in [0.4, 0.5) is 11.4 Å². The summed E-state index contributed by atoms with van der Waals surface area (Å²) in [6.07, 6.45) is 0. The molecule has 3 N–H and O–H groups in total. The van der Waals surface area contributed by atoms with Crippen molar-refractivity contribution in [3.8, 4) is 0 Å². The Morgan fingerprint density at radius 3 is 2.38 bits per heavy atom. The van der Waals surface area contributed by atoms with Gasteiger partial charge in [0.2, 0.25) is 5.91 Å². The maximum atomic E-state index is 12.3. The molecule has 3 rings (SSSR count). The zero-order valence-electron chi connectivity index (χ0n) is 16.0. The lowest BCUT2D eigenvalue weighted by Crippen LogP contribution is -2.23. The molecular weight excluding hydrogens is 386 g/mol. The van der Waals surface area contributed by atoms with Crippen molar-refractivity contribution in [1.82, 2.24) is 5.32 Å². The van der Waals surface area contributed by atoms with Crippen LogP contribution in [0.5, 0.6) is 0 Å². The molecule has 148 valence electrons. The third-order valence-corrected chi connectivity index (χ3v) is 4.60. The number of hydrogen-bond acceptors (Lipinski definition) is 3. The van der Waals surface area contributed by atoms with E-state index in [0.717, 1.165) is 16.8 Å². The summed E-state index contributed by atoms with van der Waals surface area (Å²) in [5.74, 6) is -0.324. The SMILES string of the molecule is Cc1ccc(Cl)cc1NC(=O)CNc1ccc(C(=O)NCc2ccccc2)cc1. The normalized spacial score (nSPS) is 10.3. The minimum atomic E-state index is -0.181. The first-order chi connectivity index (χ1) is 14.0. The number of anilines is 2. The molecular formula is C23H22ClN3O2. The second-order valence-corrected chi connectivity index (χ2v) is 7.04. The summed E-state index contributed by atoms with van der Waals surface area (Å²) in [4.78, 5) is 24.4. The highest BCUT2D eigenvalue weighted by molar-refractivity contribution is 6.31. The molecule has 0 unspecified atom stereocenters. The zero-order chi connectivity index (χ0) is 20.6. The van der Waals surface area contributed by atoms with Crippen molar-refractivity contribution < 1.29 is 9.59 Å². The van der Waals surface area contributed by atoms with Crippen molar-refractivity contribution in [2.75, 3.05) is 17.2 Å². The lowest BCUT2D eigenvalue weighted by molar-refractivity contribution is -0.114. The third kappa shape index (κ3) is 6.09. The Bertz CT molecular complexity index is 989. The summed E-state index contributed by atoms with van der Waals surface area (Å²) in [5, 5.41) is 9.34. The fraction of sp³-hybridized carbons (Fsp3) is 0.130. The van der Waals surface area contributed by atoms with Crippen LogP contribution in [0.25, 0.3) is 0 Å². The van der Waals surface area contributed by atoms with Gasteiger partial charge in [0, 0.05) is 28.5 Å². The Labute approximate surface area is 175 Å². The zero-order valence-corrected chi connectivity index (χ0v) is 16.8. The van der Waals surface area contributed by atoms with Crippen LogP contribution >= 0.6 is 11.6 Å². The molecule has 0 aliphatic rings. The van der Waals surface area contributed by atoms with Crippen molar-refractivity contribution in [2.45, 2.75) is 13.5 Å². The van der Waals surface area contributed by atoms with Gasteiger partial charge in [-0.05, 0) is 54.4 Å². The van der Waals surface area contributed by atoms with Gasteiger partial charge in [0.1, 0.15) is 0 Å². The van der Waals surface area contributed by atoms with E-state index in [4.69, 9.17) is 11.6 Å². The molecule has 0 aromatic heterocycles. The molecule has 6 heteroatoms. The monoisotopic (exact) mass is 407 g/mol. The standard InChI is InChI=1S/C23H22ClN3O2/c1-16-7-10-19(24)13-21(16)27-22(28)15-25-20-11-8-18(9-12-20)23(29)26-14-17-5-3-2-4-6-17/h2-13,25H,14-15H2,1H3,(H,26,29)(H,27,28). The van der Waals surface area contributed by atoms with Crippen LogP contribution in [0.1, 0.15) is 21.5 Å². The molecule has 0 heterocycles. The topological polar surface area (TPSA) is 70.2 Å². The summed E-state index contributed by atoms with van der Waals surface area (Å²) in [5.41, 5.74) is 3.98. The van der Waals surface area contributed by atoms with Crippen LogP contribution in [0.2, 0.25) is 5.02 Å². The highest BCUT2D eigenvalue weighted by Gasteiger charge is 2.07. The molecule has 2 amide bonds. The maximum absolute atomic E-state index is 12.3. The van der Waals surface area contributed by atoms with Crippen LogP contribution in [0.15, 0.2) is 72.8 Å². The van der Waals surface area contributed by atoms with Gasteiger partial charge >= 0.3 is 0 Å². The van der Waals surface area contributed by atoms with Gasteiger partial charge in [0.25, 0.3) is 5.91 Å². The highest BCUT2D eigenvalue weighted by Crippen LogP contribution is 2.20. The summed E-state index contributed by atoms with van der Waals surface area (Å²) >= 11 is 5.97. The second-order valence-electron chi connectivity index (χ2n) is 6.61. The molecule has 3 aromatic rings. The van der Waals surface area contributed by atoms with Gasteiger partial charge in [-0.2, -0.15) is 0 Å². The number of carbonyl (C=O) groups excluding carboxylic acids is 2. The predicted molar refractivity (Wildman–Crippen MR) is 117 cm³/mol. The molecule has 3 aromatic carbocycles. The van der Waals surface area contributed by atoms with Gasteiger partial charge in [0.15, 0.2) is 0 Å². The second kappa shape index (κ2) is 9.75. The van der Waals surface area contributed by atoms with E-state index in [2.05, 4.69) is 16.0 Å². The van der Waals surface area contributed by atoms with Crippen LogP contribution in [0.3, 0.4) is 0 Å². The van der Waals surface area contributed by atoms with Crippen LogP contribution < -0.4 is 16.0 Å². The number of carbonyl (C=O) groups is 2.